The number of nitrogens with one attached hydrogen (secondary N) is 2. The quantitative estimate of drug-likeness (QED) is 0.0660. The van der Waals surface area contributed by atoms with E-state index in [-0.39, 0.29) is 26.4 Å². The van der Waals surface area contributed by atoms with E-state index < -0.39 is 85.4 Å². The number of aliphatic hydroxyl groups excluding tert-OH is 4. The molecule has 1 spiro atoms. The van der Waals surface area contributed by atoms with E-state index in [9.17, 15) is 25.2 Å². The lowest BCUT2D eigenvalue weighted by molar-refractivity contribution is -0.325. The number of esters is 1. The van der Waals surface area contributed by atoms with Gasteiger partial charge in [-0.2, -0.15) is 0 Å². The van der Waals surface area contributed by atoms with Crippen LogP contribution in [-0.4, -0.2) is 101 Å². The number of fused-ring (bicyclic) bond motifs is 8. The Morgan fingerprint density at radius 3 is 1.43 bits per heavy atom. The Kier molecular flexibility index (Phi) is 13.1. The van der Waals surface area contributed by atoms with Crippen molar-refractivity contribution in [2.24, 2.45) is 0 Å². The molecule has 13 rings (SSSR count). The molecule has 0 bridgehead atoms. The lowest BCUT2D eigenvalue weighted by Gasteiger charge is -2.46. The second kappa shape index (κ2) is 20.5. The molecule has 12 atom stereocenters. The third kappa shape index (κ3) is 9.33. The van der Waals surface area contributed by atoms with Crippen LogP contribution in [0.3, 0.4) is 0 Å². The van der Waals surface area contributed by atoms with E-state index >= 15 is 0 Å². The zero-order valence-electron chi connectivity index (χ0n) is 41.2. The van der Waals surface area contributed by atoms with Crippen molar-refractivity contribution in [1.29, 1.82) is 0 Å². The first-order valence-corrected chi connectivity index (χ1v) is 25.6. The van der Waals surface area contributed by atoms with Crippen LogP contribution >= 0.6 is 0 Å². The molecular formula is C60H54N2O15. The van der Waals surface area contributed by atoms with Gasteiger partial charge in [0.15, 0.2) is 30.6 Å². The van der Waals surface area contributed by atoms with E-state index in [0.717, 1.165) is 22.3 Å². The van der Waals surface area contributed by atoms with Crippen molar-refractivity contribution < 1.29 is 72.6 Å². The maximum atomic E-state index is 13.6. The van der Waals surface area contributed by atoms with Crippen LogP contribution in [0.2, 0.25) is 0 Å². The van der Waals surface area contributed by atoms with Crippen molar-refractivity contribution in [2.45, 2.75) is 92.7 Å². The van der Waals surface area contributed by atoms with Crippen LogP contribution in [0.4, 0.5) is 11.4 Å². The van der Waals surface area contributed by atoms with Gasteiger partial charge in [0.05, 0.1) is 18.8 Å². The van der Waals surface area contributed by atoms with Gasteiger partial charge in [-0.15, -0.1) is 0 Å². The van der Waals surface area contributed by atoms with Crippen LogP contribution in [0.15, 0.2) is 170 Å². The highest BCUT2D eigenvalue weighted by molar-refractivity contribution is 5.97. The SMILES string of the molecule is O=C1OC2(c3ccc(OCc4ccc(N[C@@H]5O[C@@H]6COC(c7ccccc7)O[C@H]6[C@H](O)[C@H]5O)cc4)cc3Oc3cc(OCc4ccc(N[C@@H]5O[C@@H]6COC(c7ccccc7)O[C@H]6[C@H](O)[C@H]5O)cc4)ccc32)c2ccccc21. The zero-order chi connectivity index (χ0) is 52.2. The summed E-state index contributed by atoms with van der Waals surface area (Å²) in [5, 5.41) is 50.7. The molecule has 4 fully saturated rings. The molecule has 6 N–H and O–H groups in total. The molecule has 0 radical (unpaired) electrons. The maximum Gasteiger partial charge on any atom is 0.340 e. The topological polar surface area (TPSA) is 214 Å². The third-order valence-electron chi connectivity index (χ3n) is 14.9. The summed E-state index contributed by atoms with van der Waals surface area (Å²) in [6.45, 7) is 0.771. The Labute approximate surface area is 442 Å². The minimum Gasteiger partial charge on any atom is -0.489 e. The number of rotatable bonds is 12. The van der Waals surface area contributed by atoms with Crippen molar-refractivity contribution in [2.75, 3.05) is 23.8 Å². The number of carbonyl (C=O) groups excluding carboxylic acids is 1. The number of benzene rings is 7. The molecular weight excluding hydrogens is 989 g/mol. The van der Waals surface area contributed by atoms with Crippen molar-refractivity contribution in [3.05, 3.63) is 214 Å². The number of aliphatic hydroxyl groups is 4. The lowest BCUT2D eigenvalue weighted by Crippen LogP contribution is -2.63. The largest absolute Gasteiger partial charge is 0.489 e. The molecule has 0 saturated carbocycles. The van der Waals surface area contributed by atoms with Crippen LogP contribution in [0, 0.1) is 0 Å². The van der Waals surface area contributed by atoms with E-state index in [0.29, 0.717) is 56.6 Å². The molecule has 6 aliphatic rings. The first-order chi connectivity index (χ1) is 37.6. The number of carbonyl (C=O) groups is 1. The fraction of sp³-hybridized carbons (Fsp3) is 0.283. The lowest BCUT2D eigenvalue weighted by atomic mass is 9.77. The van der Waals surface area contributed by atoms with Crippen molar-refractivity contribution in [3.63, 3.8) is 0 Å². The van der Waals surface area contributed by atoms with E-state index in [4.69, 9.17) is 47.4 Å². The summed E-state index contributed by atoms with van der Waals surface area (Å²) >= 11 is 0. The first-order valence-electron chi connectivity index (χ1n) is 25.6. The van der Waals surface area contributed by atoms with E-state index in [1.54, 1.807) is 18.2 Å². The molecule has 394 valence electrons. The Balaban J connectivity index is 0.657. The monoisotopic (exact) mass is 1040 g/mol. The second-order valence-corrected chi connectivity index (χ2v) is 19.8. The predicted octanol–water partition coefficient (Wildman–Crippen LogP) is 7.36. The molecule has 2 unspecified atom stereocenters. The molecule has 0 aromatic heterocycles. The van der Waals surface area contributed by atoms with Gasteiger partial charge >= 0.3 is 5.97 Å². The number of anilines is 2. The predicted molar refractivity (Wildman–Crippen MR) is 275 cm³/mol. The summed E-state index contributed by atoms with van der Waals surface area (Å²) in [6.07, 6.45) is -10.9. The fourth-order valence-electron chi connectivity index (χ4n) is 10.9. The normalized spacial score (nSPS) is 29.8. The molecule has 6 aliphatic heterocycles. The Morgan fingerprint density at radius 1 is 0.494 bits per heavy atom. The van der Waals surface area contributed by atoms with Gasteiger partial charge in [-0.25, -0.2) is 4.79 Å². The van der Waals surface area contributed by atoms with Crippen molar-refractivity contribution in [1.82, 2.24) is 0 Å². The Morgan fingerprint density at radius 2 is 0.948 bits per heavy atom. The third-order valence-corrected chi connectivity index (χ3v) is 14.9. The summed E-state index contributed by atoms with van der Waals surface area (Å²) < 4.78 is 61.9. The standard InChI is InChI=1S/C60H54N2O15/c63-49-51(65)55(73-47-31-70-58(75-53(47)49)35-9-3-1-4-10-35)61-37-19-15-33(16-20-37)29-68-39-23-25-43-45(27-39)72-46-28-40(24-26-44(46)60(43)42-14-8-7-13-41(42)57(67)77-60)69-30-34-17-21-38(22-18-34)62-56-52(66)50(64)54-48(74-56)32-71-59(76-54)36-11-5-2-6-12-36/h1-28,47-56,58-59,61-66H,29-32H2/t47-,48-,49-,50-,51-,52-,53-,54-,55-,56-,58?,59?,60?/m1/s1. The van der Waals surface area contributed by atoms with Crippen molar-refractivity contribution >= 4 is 17.3 Å². The minimum absolute atomic E-state index is 0.180. The highest BCUT2D eigenvalue weighted by atomic mass is 16.7. The van der Waals surface area contributed by atoms with Gasteiger partial charge in [-0.3, -0.25) is 0 Å². The number of hydrogen-bond donors (Lipinski definition) is 6. The summed E-state index contributed by atoms with van der Waals surface area (Å²) in [5.74, 6) is 1.46. The Hall–Kier alpha value is -7.39. The molecule has 17 heteroatoms. The Bertz CT molecular complexity index is 3050. The molecule has 7 aromatic carbocycles. The molecule has 17 nitrogen and oxygen atoms in total. The average Bonchev–Trinajstić information content (AvgIpc) is 3.85. The maximum absolute atomic E-state index is 13.6. The minimum atomic E-state index is -1.30. The number of ether oxygens (including phenoxy) is 10. The summed E-state index contributed by atoms with van der Waals surface area (Å²) in [7, 11) is 0. The van der Waals surface area contributed by atoms with E-state index in [1.807, 2.05) is 152 Å². The number of hydrogen-bond acceptors (Lipinski definition) is 17. The first kappa shape index (κ1) is 49.2. The summed E-state index contributed by atoms with van der Waals surface area (Å²) in [4.78, 5) is 13.6. The molecule has 4 saturated heterocycles. The average molecular weight is 1040 g/mol. The summed E-state index contributed by atoms with van der Waals surface area (Å²) in [5.41, 5.74) is 5.77. The van der Waals surface area contributed by atoms with Crippen LogP contribution < -0.4 is 24.8 Å². The molecule has 77 heavy (non-hydrogen) atoms. The smallest absolute Gasteiger partial charge is 0.340 e. The van der Waals surface area contributed by atoms with Gasteiger partial charge in [-0.05, 0) is 65.7 Å². The highest BCUT2D eigenvalue weighted by Gasteiger charge is 2.54. The van der Waals surface area contributed by atoms with Gasteiger partial charge < -0.3 is 78.4 Å². The highest BCUT2D eigenvalue weighted by Crippen LogP contribution is 2.57. The van der Waals surface area contributed by atoms with E-state index in [1.165, 1.54) is 0 Å². The van der Waals surface area contributed by atoms with Crippen LogP contribution in [0.25, 0.3) is 0 Å². The van der Waals surface area contributed by atoms with Crippen LogP contribution in [0.1, 0.15) is 61.9 Å². The van der Waals surface area contributed by atoms with Gasteiger partial charge in [0.25, 0.3) is 0 Å². The second-order valence-electron chi connectivity index (χ2n) is 19.8. The van der Waals surface area contributed by atoms with Crippen LogP contribution in [-0.2, 0) is 52.0 Å². The van der Waals surface area contributed by atoms with Gasteiger partial charge in [-0.1, -0.05) is 103 Å². The molecule has 7 aromatic rings. The van der Waals surface area contributed by atoms with Gasteiger partial charge in [0.2, 0.25) is 0 Å². The summed E-state index contributed by atoms with van der Waals surface area (Å²) in [6, 6.07) is 52.0. The van der Waals surface area contributed by atoms with E-state index in [2.05, 4.69) is 10.6 Å². The molecule has 0 aliphatic carbocycles. The molecule has 6 heterocycles. The van der Waals surface area contributed by atoms with Gasteiger partial charge in [0, 0.05) is 51.3 Å². The van der Waals surface area contributed by atoms with Crippen molar-refractivity contribution in [3.8, 4) is 23.0 Å². The molecule has 0 amide bonds. The fourth-order valence-corrected chi connectivity index (χ4v) is 10.9. The zero-order valence-corrected chi connectivity index (χ0v) is 41.2. The van der Waals surface area contributed by atoms with Gasteiger partial charge in [0.1, 0.15) is 85.0 Å². The van der Waals surface area contributed by atoms with Crippen LogP contribution in [0.5, 0.6) is 23.0 Å².